The minimum absolute atomic E-state index is 0.245. The molecular formula is C25H26N2O4S2. The highest BCUT2D eigenvalue weighted by molar-refractivity contribution is 7.93. The van der Waals surface area contributed by atoms with Crippen molar-refractivity contribution in [3.8, 4) is 0 Å². The van der Waals surface area contributed by atoms with Crippen LogP contribution in [-0.4, -0.2) is 23.4 Å². The van der Waals surface area contributed by atoms with Crippen LogP contribution in [0.3, 0.4) is 0 Å². The standard InChI is InChI=1S/C25H26N2O4S2/c28-32(29,24-14-12-19-7-4-5-8-20(19)18-24)26-22-13-15-25-21(17-22)9-6-16-27(25)33(30,31)23-10-2-1-3-11-23/h1-3,10-15,17-18,26H,4-9,16H2. The zero-order valence-electron chi connectivity index (χ0n) is 18.2. The molecule has 1 N–H and O–H groups in total. The van der Waals surface area contributed by atoms with Gasteiger partial charge in [0.05, 0.1) is 15.5 Å². The van der Waals surface area contributed by atoms with E-state index in [1.165, 1.54) is 9.87 Å². The van der Waals surface area contributed by atoms with Gasteiger partial charge >= 0.3 is 0 Å². The van der Waals surface area contributed by atoms with Crippen LogP contribution >= 0.6 is 0 Å². The number of benzene rings is 3. The second-order valence-electron chi connectivity index (χ2n) is 8.58. The largest absolute Gasteiger partial charge is 0.280 e. The quantitative estimate of drug-likeness (QED) is 0.580. The van der Waals surface area contributed by atoms with Gasteiger partial charge in [-0.3, -0.25) is 9.03 Å². The SMILES string of the molecule is O=S(=O)(Nc1ccc2c(c1)CCCN2S(=O)(=O)c1ccccc1)c1ccc2c(c1)CCCC2. The van der Waals surface area contributed by atoms with E-state index in [0.717, 1.165) is 36.8 Å². The molecule has 0 unspecified atom stereocenters. The minimum Gasteiger partial charge on any atom is -0.280 e. The topological polar surface area (TPSA) is 83.6 Å². The third-order valence-electron chi connectivity index (χ3n) is 6.37. The summed E-state index contributed by atoms with van der Waals surface area (Å²) in [6.45, 7) is 0.393. The van der Waals surface area contributed by atoms with Gasteiger partial charge in [-0.2, -0.15) is 0 Å². The molecule has 0 radical (unpaired) electrons. The van der Waals surface area contributed by atoms with Gasteiger partial charge < -0.3 is 0 Å². The fraction of sp³-hybridized carbons (Fsp3) is 0.280. The summed E-state index contributed by atoms with van der Waals surface area (Å²) in [7, 11) is -7.42. The second kappa shape index (κ2) is 8.50. The van der Waals surface area contributed by atoms with Crippen LogP contribution in [0.15, 0.2) is 76.5 Å². The number of hydrogen-bond acceptors (Lipinski definition) is 4. The average Bonchev–Trinajstić information content (AvgIpc) is 2.83. The van der Waals surface area contributed by atoms with Crippen LogP contribution in [0.1, 0.15) is 36.0 Å². The number of nitrogens with zero attached hydrogens (tertiary/aromatic N) is 1. The van der Waals surface area contributed by atoms with Gasteiger partial charge in [0.15, 0.2) is 0 Å². The molecule has 0 bridgehead atoms. The number of nitrogens with one attached hydrogen (secondary N) is 1. The summed E-state index contributed by atoms with van der Waals surface area (Å²) >= 11 is 0. The fourth-order valence-electron chi connectivity index (χ4n) is 4.69. The van der Waals surface area contributed by atoms with Crippen molar-refractivity contribution < 1.29 is 16.8 Å². The van der Waals surface area contributed by atoms with Gasteiger partial charge in [0.1, 0.15) is 0 Å². The summed E-state index contributed by atoms with van der Waals surface area (Å²) in [5, 5.41) is 0. The van der Waals surface area contributed by atoms with E-state index < -0.39 is 20.0 Å². The van der Waals surface area contributed by atoms with Gasteiger partial charge in [0.25, 0.3) is 20.0 Å². The Morgan fingerprint density at radius 3 is 2.18 bits per heavy atom. The van der Waals surface area contributed by atoms with E-state index in [2.05, 4.69) is 4.72 Å². The lowest BCUT2D eigenvalue weighted by molar-refractivity contribution is 0.586. The zero-order valence-corrected chi connectivity index (χ0v) is 19.8. The highest BCUT2D eigenvalue weighted by Crippen LogP contribution is 2.34. The van der Waals surface area contributed by atoms with Crippen LogP contribution in [-0.2, 0) is 39.3 Å². The van der Waals surface area contributed by atoms with Gasteiger partial charge in [0.2, 0.25) is 0 Å². The molecule has 0 spiro atoms. The molecule has 1 heterocycles. The molecule has 3 aromatic rings. The summed E-state index contributed by atoms with van der Waals surface area (Å²) in [5.74, 6) is 0. The van der Waals surface area contributed by atoms with Crippen LogP contribution in [0.4, 0.5) is 11.4 Å². The lowest BCUT2D eigenvalue weighted by Crippen LogP contribution is -2.35. The predicted molar refractivity (Wildman–Crippen MR) is 130 cm³/mol. The van der Waals surface area contributed by atoms with Gasteiger partial charge in [-0.1, -0.05) is 24.3 Å². The smallest absolute Gasteiger partial charge is 0.264 e. The molecule has 2 aliphatic rings. The Hall–Kier alpha value is -2.84. The Balaban J connectivity index is 1.43. The molecule has 33 heavy (non-hydrogen) atoms. The first-order valence-corrected chi connectivity index (χ1v) is 14.1. The van der Waals surface area contributed by atoms with Gasteiger partial charge in [0, 0.05) is 12.2 Å². The Labute approximate surface area is 195 Å². The van der Waals surface area contributed by atoms with Crippen LogP contribution in [0.5, 0.6) is 0 Å². The number of rotatable bonds is 5. The van der Waals surface area contributed by atoms with E-state index in [4.69, 9.17) is 0 Å². The van der Waals surface area contributed by atoms with E-state index in [9.17, 15) is 16.8 Å². The normalized spacial score (nSPS) is 16.1. The van der Waals surface area contributed by atoms with Crippen molar-refractivity contribution in [1.82, 2.24) is 0 Å². The van der Waals surface area contributed by atoms with Gasteiger partial charge in [-0.25, -0.2) is 16.8 Å². The summed E-state index contributed by atoms with van der Waals surface area (Å²) in [4.78, 5) is 0.504. The zero-order chi connectivity index (χ0) is 23.1. The summed E-state index contributed by atoms with van der Waals surface area (Å²) < 4.78 is 56.6. The molecule has 3 aromatic carbocycles. The van der Waals surface area contributed by atoms with Crippen LogP contribution in [0.2, 0.25) is 0 Å². The first-order chi connectivity index (χ1) is 15.8. The third kappa shape index (κ3) is 4.25. The summed E-state index contributed by atoms with van der Waals surface area (Å²) in [6.07, 6.45) is 5.48. The van der Waals surface area contributed by atoms with E-state index in [1.807, 2.05) is 6.07 Å². The molecule has 1 aliphatic heterocycles. The molecule has 0 atom stereocenters. The van der Waals surface area contributed by atoms with Gasteiger partial charge in [-0.05, 0) is 97.7 Å². The molecule has 0 saturated carbocycles. The summed E-state index contributed by atoms with van der Waals surface area (Å²) in [6, 6.07) is 18.8. The summed E-state index contributed by atoms with van der Waals surface area (Å²) in [5.41, 5.74) is 4.18. The van der Waals surface area contributed by atoms with Crippen molar-refractivity contribution in [2.45, 2.75) is 48.3 Å². The third-order valence-corrected chi connectivity index (χ3v) is 9.58. The number of sulfonamides is 2. The molecule has 0 fully saturated rings. The monoisotopic (exact) mass is 482 g/mol. The van der Waals surface area contributed by atoms with Crippen molar-refractivity contribution >= 4 is 31.4 Å². The van der Waals surface area contributed by atoms with Crippen molar-refractivity contribution in [2.24, 2.45) is 0 Å². The maximum atomic E-state index is 13.2. The maximum Gasteiger partial charge on any atom is 0.264 e. The fourth-order valence-corrected chi connectivity index (χ4v) is 7.35. The number of hydrogen-bond donors (Lipinski definition) is 1. The van der Waals surface area contributed by atoms with E-state index in [0.29, 0.717) is 30.8 Å². The predicted octanol–water partition coefficient (Wildman–Crippen LogP) is 4.51. The van der Waals surface area contributed by atoms with E-state index in [-0.39, 0.29) is 9.79 Å². The highest BCUT2D eigenvalue weighted by Gasteiger charge is 2.29. The Bertz CT molecular complexity index is 1400. The molecule has 172 valence electrons. The van der Waals surface area contributed by atoms with Crippen LogP contribution in [0, 0.1) is 0 Å². The van der Waals surface area contributed by atoms with E-state index >= 15 is 0 Å². The molecule has 6 nitrogen and oxygen atoms in total. The first kappa shape index (κ1) is 22.0. The molecule has 1 aliphatic carbocycles. The molecule has 0 amide bonds. The Morgan fingerprint density at radius 1 is 0.667 bits per heavy atom. The Morgan fingerprint density at radius 2 is 1.39 bits per heavy atom. The van der Waals surface area contributed by atoms with Crippen molar-refractivity contribution in [3.63, 3.8) is 0 Å². The molecule has 0 aromatic heterocycles. The molecule has 0 saturated heterocycles. The van der Waals surface area contributed by atoms with Crippen LogP contribution in [0.25, 0.3) is 0 Å². The minimum atomic E-state index is -3.74. The number of fused-ring (bicyclic) bond motifs is 2. The lowest BCUT2D eigenvalue weighted by atomic mass is 9.92. The number of anilines is 2. The van der Waals surface area contributed by atoms with Crippen molar-refractivity contribution in [3.05, 3.63) is 83.4 Å². The van der Waals surface area contributed by atoms with Crippen molar-refractivity contribution in [1.29, 1.82) is 0 Å². The number of aryl methyl sites for hydroxylation is 3. The molecule has 5 rings (SSSR count). The van der Waals surface area contributed by atoms with Crippen molar-refractivity contribution in [2.75, 3.05) is 15.6 Å². The highest BCUT2D eigenvalue weighted by atomic mass is 32.2. The first-order valence-electron chi connectivity index (χ1n) is 11.2. The van der Waals surface area contributed by atoms with Crippen LogP contribution < -0.4 is 9.03 Å². The Kier molecular flexibility index (Phi) is 5.66. The van der Waals surface area contributed by atoms with Gasteiger partial charge in [-0.15, -0.1) is 0 Å². The average molecular weight is 483 g/mol. The second-order valence-corrected chi connectivity index (χ2v) is 12.1. The molecular weight excluding hydrogens is 456 g/mol. The van der Waals surface area contributed by atoms with E-state index in [1.54, 1.807) is 60.7 Å². The maximum absolute atomic E-state index is 13.2. The molecule has 8 heteroatoms. The lowest BCUT2D eigenvalue weighted by Gasteiger charge is -2.31.